The van der Waals surface area contributed by atoms with Crippen LogP contribution in [0.15, 0.2) is 97.2 Å². The van der Waals surface area contributed by atoms with Crippen LogP contribution in [0.25, 0.3) is 0 Å². The maximum absolute atomic E-state index is 12.9. The van der Waals surface area contributed by atoms with Crippen molar-refractivity contribution in [2.24, 2.45) is 0 Å². The molecule has 6 unspecified atom stereocenters. The van der Waals surface area contributed by atoms with Crippen LogP contribution in [-0.4, -0.2) is 97.5 Å². The third-order valence-corrected chi connectivity index (χ3v) is 10.2. The second-order valence-corrected chi connectivity index (χ2v) is 16.3. The smallest absolute Gasteiger partial charge is 0.397 e. The molecule has 354 valence electrons. The van der Waals surface area contributed by atoms with E-state index < -0.39 is 59.8 Å². The molecule has 0 radical (unpaired) electrons. The summed E-state index contributed by atoms with van der Waals surface area (Å²) in [6.07, 6.45) is 44.4. The zero-order valence-corrected chi connectivity index (χ0v) is 38.5. The van der Waals surface area contributed by atoms with Crippen LogP contribution in [0, 0.1) is 0 Å². The van der Waals surface area contributed by atoms with E-state index >= 15 is 0 Å². The first-order valence-corrected chi connectivity index (χ1v) is 24.4. The molecule has 0 aromatic carbocycles. The van der Waals surface area contributed by atoms with Gasteiger partial charge in [0.25, 0.3) is 0 Å². The summed E-state index contributed by atoms with van der Waals surface area (Å²) in [4.78, 5) is 12.9. The Morgan fingerprint density at radius 2 is 1.06 bits per heavy atom. The van der Waals surface area contributed by atoms with Crippen molar-refractivity contribution in [2.75, 3.05) is 26.4 Å². The number of ether oxygens (including phenoxy) is 4. The van der Waals surface area contributed by atoms with E-state index in [4.69, 9.17) is 23.5 Å². The molecule has 1 heterocycles. The normalized spacial score (nSPS) is 20.9. The Hall–Kier alpha value is -2.98. The average Bonchev–Trinajstić information content (AvgIpc) is 3.24. The van der Waals surface area contributed by atoms with Crippen LogP contribution in [0.1, 0.15) is 142 Å². The van der Waals surface area contributed by atoms with Gasteiger partial charge in [-0.2, -0.15) is 8.42 Å². The molecule has 0 aromatic heterocycles. The van der Waals surface area contributed by atoms with Gasteiger partial charge in [0.15, 0.2) is 6.29 Å². The van der Waals surface area contributed by atoms with Gasteiger partial charge in [-0.1, -0.05) is 143 Å². The molecule has 0 saturated carbocycles. The lowest BCUT2D eigenvalue weighted by molar-refractivity contribution is -0.301. The van der Waals surface area contributed by atoms with Gasteiger partial charge in [0, 0.05) is 13.0 Å². The summed E-state index contributed by atoms with van der Waals surface area (Å²) in [5.41, 5.74) is 0. The van der Waals surface area contributed by atoms with Crippen molar-refractivity contribution >= 4 is 16.4 Å². The molecule has 13 heteroatoms. The van der Waals surface area contributed by atoms with E-state index in [1.54, 1.807) is 0 Å². The zero-order valence-electron chi connectivity index (χ0n) is 37.6. The predicted octanol–water partition coefficient (Wildman–Crippen LogP) is 9.85. The van der Waals surface area contributed by atoms with Gasteiger partial charge in [-0.05, 0) is 89.9 Å². The first-order valence-electron chi connectivity index (χ1n) is 23.0. The molecule has 62 heavy (non-hydrogen) atoms. The van der Waals surface area contributed by atoms with Crippen molar-refractivity contribution < 1.29 is 56.2 Å². The van der Waals surface area contributed by atoms with Gasteiger partial charge < -0.3 is 34.3 Å². The summed E-state index contributed by atoms with van der Waals surface area (Å²) in [6, 6.07) is 0. The van der Waals surface area contributed by atoms with Crippen LogP contribution >= 0.6 is 0 Å². The first kappa shape index (κ1) is 57.0. The Morgan fingerprint density at radius 3 is 1.55 bits per heavy atom. The number of rotatable bonds is 38. The molecule has 0 aliphatic carbocycles. The number of hydrogen-bond acceptors (Lipinski definition) is 11. The Balaban J connectivity index is 2.45. The van der Waals surface area contributed by atoms with Crippen molar-refractivity contribution in [3.63, 3.8) is 0 Å². The number of carbonyl (C=O) groups is 1. The van der Waals surface area contributed by atoms with Gasteiger partial charge in [0.05, 0.1) is 19.8 Å². The van der Waals surface area contributed by atoms with Gasteiger partial charge in [0.2, 0.25) is 0 Å². The molecule has 0 spiro atoms. The molecule has 1 fully saturated rings. The highest BCUT2D eigenvalue weighted by Crippen LogP contribution is 2.26. The summed E-state index contributed by atoms with van der Waals surface area (Å²) in [7, 11) is -5.07. The maximum Gasteiger partial charge on any atom is 0.397 e. The number of allylic oxidation sites excluding steroid dienone is 16. The fraction of sp³-hybridized carbons (Fsp3) is 0.653. The van der Waals surface area contributed by atoms with Crippen LogP contribution < -0.4 is 0 Å². The van der Waals surface area contributed by atoms with Crippen molar-refractivity contribution in [3.8, 4) is 0 Å². The lowest BCUT2D eigenvalue weighted by Gasteiger charge is -2.41. The van der Waals surface area contributed by atoms with Gasteiger partial charge in [0.1, 0.15) is 30.5 Å². The molecule has 0 amide bonds. The van der Waals surface area contributed by atoms with Crippen LogP contribution in [-0.2, 0) is 38.3 Å². The predicted molar refractivity (Wildman–Crippen MR) is 248 cm³/mol. The number of aliphatic hydroxyl groups excluding tert-OH is 3. The van der Waals surface area contributed by atoms with Crippen LogP contribution in [0.3, 0.4) is 0 Å². The van der Waals surface area contributed by atoms with Gasteiger partial charge in [-0.15, -0.1) is 0 Å². The summed E-state index contributed by atoms with van der Waals surface area (Å²) >= 11 is 0. The van der Waals surface area contributed by atoms with Crippen molar-refractivity contribution in [1.82, 2.24) is 0 Å². The van der Waals surface area contributed by atoms with E-state index in [-0.39, 0.29) is 19.6 Å². The van der Waals surface area contributed by atoms with E-state index in [0.29, 0.717) is 13.0 Å². The molecule has 12 nitrogen and oxygen atoms in total. The summed E-state index contributed by atoms with van der Waals surface area (Å²) in [5, 5.41) is 30.7. The second kappa shape index (κ2) is 39.6. The van der Waals surface area contributed by atoms with E-state index in [1.165, 1.54) is 0 Å². The zero-order chi connectivity index (χ0) is 45.4. The quantitative estimate of drug-likeness (QED) is 0.0200. The monoisotopic (exact) mass is 893 g/mol. The minimum absolute atomic E-state index is 0.00580. The van der Waals surface area contributed by atoms with E-state index in [9.17, 15) is 28.5 Å². The Labute approximate surface area is 374 Å². The molecular formula is C49H80O12S. The van der Waals surface area contributed by atoms with Crippen LogP contribution in [0.2, 0.25) is 0 Å². The lowest BCUT2D eigenvalue weighted by Crippen LogP contribution is -2.60. The maximum atomic E-state index is 12.9. The van der Waals surface area contributed by atoms with Crippen molar-refractivity contribution in [2.45, 2.75) is 179 Å². The summed E-state index contributed by atoms with van der Waals surface area (Å²) < 4.78 is 59.0. The standard InChI is InChI=1S/C49H80O12S/c1-3-5-7-9-11-13-15-17-19-20-21-22-23-24-25-26-28-30-32-34-36-38-45(51)59-43(41-57-39-37-35-33-31-29-27-18-16-14-12-10-8-6-4-2)42-58-49-47(53)48(61-62(54,55)56)46(52)44(40-50)60-49/h5-8,11-14,17-19,21-22,24-25,27,43-44,46-50,52-53H,3-4,9-10,15-16,20,23,26,28-42H2,1-2H3,(H,54,55,56)/b7-5-,8-6-,13-11-,14-12-,19-17-,22-21-,25-24-,27-18-. The Bertz CT molecular complexity index is 1450. The van der Waals surface area contributed by atoms with Gasteiger partial charge >= 0.3 is 16.4 Å². The molecule has 1 aliphatic heterocycles. The highest BCUT2D eigenvalue weighted by molar-refractivity contribution is 7.80. The molecule has 1 rings (SSSR count). The number of aliphatic hydroxyl groups is 3. The second-order valence-electron chi connectivity index (χ2n) is 15.2. The number of carbonyl (C=O) groups excluding carboxylic acids is 1. The SMILES string of the molecule is CC/C=C\C/C=C\C/C=C\C/C=C\C/C=C\CCCCCCCC(=O)OC(COCCCCCC/C=C\C/C=C\C/C=C\CC)COC1OC(CO)C(O)C(OS(=O)(=O)O)C1O. The summed E-state index contributed by atoms with van der Waals surface area (Å²) in [6.45, 7) is 3.65. The summed E-state index contributed by atoms with van der Waals surface area (Å²) in [5.74, 6) is -0.431. The first-order chi connectivity index (χ1) is 30.1. The average molecular weight is 893 g/mol. The molecular weight excluding hydrogens is 813 g/mol. The Morgan fingerprint density at radius 1 is 0.613 bits per heavy atom. The minimum Gasteiger partial charge on any atom is -0.457 e. The highest BCUT2D eigenvalue weighted by Gasteiger charge is 2.48. The van der Waals surface area contributed by atoms with Crippen molar-refractivity contribution in [1.29, 1.82) is 0 Å². The topological polar surface area (TPSA) is 178 Å². The van der Waals surface area contributed by atoms with E-state index in [1.807, 2.05) is 0 Å². The lowest BCUT2D eigenvalue weighted by atomic mass is 9.99. The third kappa shape index (κ3) is 32.7. The number of esters is 1. The van der Waals surface area contributed by atoms with E-state index in [2.05, 4.69) is 115 Å². The largest absolute Gasteiger partial charge is 0.457 e. The fourth-order valence-corrected chi connectivity index (χ4v) is 6.81. The molecule has 4 N–H and O–H groups in total. The molecule has 1 saturated heterocycles. The molecule has 1 aliphatic rings. The van der Waals surface area contributed by atoms with Gasteiger partial charge in [-0.25, -0.2) is 4.18 Å². The van der Waals surface area contributed by atoms with Crippen molar-refractivity contribution in [3.05, 3.63) is 97.2 Å². The molecule has 0 aromatic rings. The van der Waals surface area contributed by atoms with Crippen LogP contribution in [0.5, 0.6) is 0 Å². The fourth-order valence-electron chi connectivity index (χ4n) is 6.30. The number of unbranched alkanes of at least 4 members (excludes halogenated alkanes) is 9. The van der Waals surface area contributed by atoms with Crippen LogP contribution in [0.4, 0.5) is 0 Å². The van der Waals surface area contributed by atoms with Gasteiger partial charge in [-0.3, -0.25) is 9.35 Å². The van der Waals surface area contributed by atoms with E-state index in [0.717, 1.165) is 116 Å². The Kier molecular flexibility index (Phi) is 36.4. The minimum atomic E-state index is -5.07. The third-order valence-electron chi connectivity index (χ3n) is 9.70. The molecule has 0 bridgehead atoms. The number of hydrogen-bond donors (Lipinski definition) is 4. The molecule has 6 atom stereocenters. The highest BCUT2D eigenvalue weighted by atomic mass is 32.3.